The molecule has 0 unspecified atom stereocenters. The summed E-state index contributed by atoms with van der Waals surface area (Å²) in [7, 11) is 0. The Balaban J connectivity index is 2.37. The molecule has 82 valence electrons. The van der Waals surface area contributed by atoms with Crippen molar-refractivity contribution in [3.8, 4) is 5.75 Å². The van der Waals surface area contributed by atoms with Crippen LogP contribution in [0.3, 0.4) is 0 Å². The summed E-state index contributed by atoms with van der Waals surface area (Å²) in [4.78, 5) is 0. The van der Waals surface area contributed by atoms with Gasteiger partial charge in [0, 0.05) is 6.04 Å². The molecule has 0 aliphatic carbocycles. The van der Waals surface area contributed by atoms with Crippen LogP contribution in [0.1, 0.15) is 11.1 Å². The highest BCUT2D eigenvalue weighted by atomic mass is 19.4. The number of benzene rings is 1. The maximum Gasteiger partial charge on any atom is 0.416 e. The van der Waals surface area contributed by atoms with Gasteiger partial charge in [-0.2, -0.15) is 13.2 Å². The van der Waals surface area contributed by atoms with Gasteiger partial charge in [0.2, 0.25) is 0 Å². The van der Waals surface area contributed by atoms with E-state index in [1.54, 1.807) is 0 Å². The highest BCUT2D eigenvalue weighted by Gasteiger charge is 2.31. The molecular weight excluding hydrogens is 207 g/mol. The Labute approximate surface area is 84.8 Å². The van der Waals surface area contributed by atoms with Crippen LogP contribution in [-0.2, 0) is 12.6 Å². The van der Waals surface area contributed by atoms with E-state index < -0.39 is 11.7 Å². The van der Waals surface area contributed by atoms with E-state index in [9.17, 15) is 13.2 Å². The highest BCUT2D eigenvalue weighted by molar-refractivity contribution is 5.40. The Bertz CT molecular complexity index is 375. The third-order valence-corrected chi connectivity index (χ3v) is 2.32. The molecule has 1 atom stereocenters. The minimum Gasteiger partial charge on any atom is -0.492 e. The number of nitrogens with two attached hydrogens (primary N) is 1. The molecule has 1 aromatic rings. The van der Waals surface area contributed by atoms with E-state index in [0.29, 0.717) is 24.3 Å². The van der Waals surface area contributed by atoms with Gasteiger partial charge in [-0.05, 0) is 30.2 Å². The van der Waals surface area contributed by atoms with Crippen molar-refractivity contribution >= 4 is 0 Å². The van der Waals surface area contributed by atoms with Crippen LogP contribution in [-0.4, -0.2) is 12.6 Å². The molecule has 1 aromatic carbocycles. The Kier molecular flexibility index (Phi) is 2.34. The lowest BCUT2D eigenvalue weighted by molar-refractivity contribution is -0.137. The molecule has 5 heteroatoms. The first-order chi connectivity index (χ1) is 6.97. The van der Waals surface area contributed by atoms with Crippen LogP contribution >= 0.6 is 0 Å². The average Bonchev–Trinajstić information content (AvgIpc) is 2.15. The van der Waals surface area contributed by atoms with Gasteiger partial charge in [-0.1, -0.05) is 0 Å². The summed E-state index contributed by atoms with van der Waals surface area (Å²) in [6, 6.07) is 3.26. The summed E-state index contributed by atoms with van der Waals surface area (Å²) >= 11 is 0. The number of rotatable bonds is 0. The van der Waals surface area contributed by atoms with E-state index in [-0.39, 0.29) is 6.04 Å². The van der Waals surface area contributed by atoms with E-state index in [0.717, 1.165) is 12.1 Å². The van der Waals surface area contributed by atoms with Gasteiger partial charge < -0.3 is 10.5 Å². The van der Waals surface area contributed by atoms with Gasteiger partial charge in [-0.15, -0.1) is 0 Å². The first-order valence-corrected chi connectivity index (χ1v) is 4.55. The summed E-state index contributed by atoms with van der Waals surface area (Å²) in [5.41, 5.74) is 5.48. The van der Waals surface area contributed by atoms with Gasteiger partial charge >= 0.3 is 6.18 Å². The Morgan fingerprint density at radius 3 is 2.73 bits per heavy atom. The number of halogens is 3. The van der Waals surface area contributed by atoms with Crippen molar-refractivity contribution in [1.82, 2.24) is 0 Å². The Morgan fingerprint density at radius 2 is 2.07 bits per heavy atom. The van der Waals surface area contributed by atoms with Crippen LogP contribution in [0.15, 0.2) is 18.2 Å². The maximum atomic E-state index is 12.4. The molecule has 0 saturated carbocycles. The van der Waals surface area contributed by atoms with Crippen LogP contribution in [0, 0.1) is 0 Å². The zero-order valence-corrected chi connectivity index (χ0v) is 7.84. The van der Waals surface area contributed by atoms with Gasteiger partial charge in [-0.3, -0.25) is 0 Å². The van der Waals surface area contributed by atoms with E-state index in [4.69, 9.17) is 10.5 Å². The van der Waals surface area contributed by atoms with Crippen LogP contribution in [0.2, 0.25) is 0 Å². The fourth-order valence-corrected chi connectivity index (χ4v) is 1.59. The molecule has 0 amide bonds. The van der Waals surface area contributed by atoms with Gasteiger partial charge in [-0.25, -0.2) is 0 Å². The predicted molar refractivity (Wildman–Crippen MR) is 48.6 cm³/mol. The summed E-state index contributed by atoms with van der Waals surface area (Å²) in [6.45, 7) is 0.359. The number of hydrogen-bond acceptors (Lipinski definition) is 2. The monoisotopic (exact) mass is 217 g/mol. The first kappa shape index (κ1) is 10.3. The Hall–Kier alpha value is -1.23. The summed E-state index contributed by atoms with van der Waals surface area (Å²) in [5, 5.41) is 0. The summed E-state index contributed by atoms with van der Waals surface area (Å²) < 4.78 is 42.4. The molecule has 0 spiro atoms. The predicted octanol–water partition coefficient (Wildman–Crippen LogP) is 1.97. The lowest BCUT2D eigenvalue weighted by atomic mass is 10.0. The normalized spacial score (nSPS) is 20.7. The molecule has 0 bridgehead atoms. The average molecular weight is 217 g/mol. The van der Waals surface area contributed by atoms with Crippen molar-refractivity contribution < 1.29 is 17.9 Å². The van der Waals surface area contributed by atoms with E-state index >= 15 is 0 Å². The lowest BCUT2D eigenvalue weighted by Crippen LogP contribution is -2.33. The van der Waals surface area contributed by atoms with Crippen LogP contribution in [0.5, 0.6) is 5.75 Å². The topological polar surface area (TPSA) is 35.2 Å². The smallest absolute Gasteiger partial charge is 0.416 e. The third-order valence-electron chi connectivity index (χ3n) is 2.32. The van der Waals surface area contributed by atoms with E-state index in [2.05, 4.69) is 0 Å². The van der Waals surface area contributed by atoms with Crippen molar-refractivity contribution in [2.24, 2.45) is 5.73 Å². The largest absolute Gasteiger partial charge is 0.492 e. The maximum absolute atomic E-state index is 12.4. The lowest BCUT2D eigenvalue weighted by Gasteiger charge is -2.23. The minimum absolute atomic E-state index is 0.221. The number of fused-ring (bicyclic) bond motifs is 1. The van der Waals surface area contributed by atoms with Gasteiger partial charge in [0.1, 0.15) is 12.4 Å². The number of hydrogen-bond donors (Lipinski definition) is 1. The summed E-state index contributed by atoms with van der Waals surface area (Å²) in [5.74, 6) is 0.504. The molecule has 0 aromatic heterocycles. The van der Waals surface area contributed by atoms with Crippen LogP contribution in [0.4, 0.5) is 13.2 Å². The fraction of sp³-hybridized carbons (Fsp3) is 0.400. The summed E-state index contributed by atoms with van der Waals surface area (Å²) in [6.07, 6.45) is -3.88. The molecule has 0 radical (unpaired) electrons. The second-order valence-corrected chi connectivity index (χ2v) is 3.60. The quantitative estimate of drug-likeness (QED) is 0.721. The molecule has 1 aliphatic rings. The van der Waals surface area contributed by atoms with Crippen molar-refractivity contribution in [2.45, 2.75) is 18.6 Å². The molecule has 15 heavy (non-hydrogen) atoms. The molecular formula is C10H10F3NO. The molecule has 1 aliphatic heterocycles. The second kappa shape index (κ2) is 3.41. The first-order valence-electron chi connectivity index (χ1n) is 4.55. The van der Waals surface area contributed by atoms with Crippen molar-refractivity contribution in [1.29, 1.82) is 0 Å². The van der Waals surface area contributed by atoms with Crippen molar-refractivity contribution in [2.75, 3.05) is 6.61 Å². The highest BCUT2D eigenvalue weighted by Crippen LogP contribution is 2.34. The van der Waals surface area contributed by atoms with Gasteiger partial charge in [0.15, 0.2) is 0 Å². The van der Waals surface area contributed by atoms with Gasteiger partial charge in [0.25, 0.3) is 0 Å². The number of ether oxygens (including phenoxy) is 1. The third kappa shape index (κ3) is 2.07. The zero-order valence-electron chi connectivity index (χ0n) is 7.84. The molecule has 0 saturated heterocycles. The SMILES string of the molecule is N[C@@H]1COc2ccc(C(F)(F)F)cc2C1. The fourth-order valence-electron chi connectivity index (χ4n) is 1.59. The second-order valence-electron chi connectivity index (χ2n) is 3.60. The molecule has 1 heterocycles. The molecule has 2 N–H and O–H groups in total. The zero-order chi connectivity index (χ0) is 11.1. The van der Waals surface area contributed by atoms with Crippen molar-refractivity contribution in [3.05, 3.63) is 29.3 Å². The molecule has 0 fully saturated rings. The Morgan fingerprint density at radius 1 is 1.33 bits per heavy atom. The molecule has 2 rings (SSSR count). The van der Waals surface area contributed by atoms with E-state index in [1.807, 2.05) is 0 Å². The van der Waals surface area contributed by atoms with Crippen LogP contribution < -0.4 is 10.5 Å². The minimum atomic E-state index is -4.31. The number of alkyl halides is 3. The van der Waals surface area contributed by atoms with E-state index in [1.165, 1.54) is 6.07 Å². The van der Waals surface area contributed by atoms with Crippen molar-refractivity contribution in [3.63, 3.8) is 0 Å². The van der Waals surface area contributed by atoms with Crippen LogP contribution in [0.25, 0.3) is 0 Å². The van der Waals surface area contributed by atoms with Gasteiger partial charge in [0.05, 0.1) is 5.56 Å². The molecule has 2 nitrogen and oxygen atoms in total. The standard InChI is InChI=1S/C10H10F3NO/c11-10(12,13)7-1-2-9-6(3-7)4-8(14)5-15-9/h1-3,8H,4-5,14H2/t8-/m0/s1.